The first kappa shape index (κ1) is 18.1. The minimum atomic E-state index is -3.76. The number of halogens is 1. The Labute approximate surface area is 144 Å². The number of nitriles is 1. The van der Waals surface area contributed by atoms with Gasteiger partial charge in [-0.1, -0.05) is 11.6 Å². The van der Waals surface area contributed by atoms with Crippen LogP contribution >= 0.6 is 23.4 Å². The van der Waals surface area contributed by atoms with Crippen molar-refractivity contribution in [2.75, 3.05) is 25.6 Å². The summed E-state index contributed by atoms with van der Waals surface area (Å²) in [6, 6.07) is 6.20. The number of nitrogens with one attached hydrogen (secondary N) is 1. The number of carbonyl (C=O) groups is 1. The van der Waals surface area contributed by atoms with E-state index in [2.05, 4.69) is 11.4 Å². The van der Waals surface area contributed by atoms with Crippen molar-refractivity contribution in [1.82, 2.24) is 9.62 Å². The molecule has 1 fully saturated rings. The Balaban J connectivity index is 2.35. The molecule has 0 aromatic heterocycles. The van der Waals surface area contributed by atoms with Crippen molar-refractivity contribution in [3.05, 3.63) is 28.8 Å². The average molecular weight is 374 g/mol. The van der Waals surface area contributed by atoms with Crippen LogP contribution in [-0.4, -0.2) is 49.8 Å². The molecule has 1 aromatic carbocycles. The second-order valence-electron chi connectivity index (χ2n) is 5.38. The van der Waals surface area contributed by atoms with E-state index in [4.69, 9.17) is 11.6 Å². The number of thioether (sulfide) groups is 1. The predicted octanol–water partition coefficient (Wildman–Crippen LogP) is 1.72. The molecular formula is C14H16ClN3O3S2. The van der Waals surface area contributed by atoms with E-state index < -0.39 is 21.5 Å². The van der Waals surface area contributed by atoms with E-state index in [0.717, 1.165) is 10.1 Å². The summed E-state index contributed by atoms with van der Waals surface area (Å²) in [6.07, 6.45) is 0.566. The van der Waals surface area contributed by atoms with Crippen molar-refractivity contribution < 1.29 is 13.2 Å². The summed E-state index contributed by atoms with van der Waals surface area (Å²) < 4.78 is 25.5. The van der Waals surface area contributed by atoms with Gasteiger partial charge in [0.1, 0.15) is 10.4 Å². The summed E-state index contributed by atoms with van der Waals surface area (Å²) in [5.74, 6) is 0.835. The number of carbonyl (C=O) groups excluding carboxylic acids is 1. The molecular weight excluding hydrogens is 358 g/mol. The number of hydrogen-bond acceptors (Lipinski definition) is 5. The van der Waals surface area contributed by atoms with E-state index in [-0.39, 0.29) is 15.5 Å². The van der Waals surface area contributed by atoms with Crippen LogP contribution in [0.4, 0.5) is 0 Å². The van der Waals surface area contributed by atoms with E-state index in [1.54, 1.807) is 11.8 Å². The maximum absolute atomic E-state index is 12.4. The molecule has 1 atom stereocenters. The minimum absolute atomic E-state index is 0.0432. The Morgan fingerprint density at radius 2 is 2.17 bits per heavy atom. The van der Waals surface area contributed by atoms with Gasteiger partial charge >= 0.3 is 0 Å². The van der Waals surface area contributed by atoms with E-state index in [0.29, 0.717) is 12.2 Å². The lowest BCUT2D eigenvalue weighted by atomic mass is 10.0. The molecule has 1 aromatic rings. The summed E-state index contributed by atoms with van der Waals surface area (Å²) in [5, 5.41) is 12.1. The van der Waals surface area contributed by atoms with Gasteiger partial charge in [0, 0.05) is 25.4 Å². The zero-order chi connectivity index (χ0) is 17.3. The van der Waals surface area contributed by atoms with E-state index in [9.17, 15) is 18.5 Å². The van der Waals surface area contributed by atoms with Crippen LogP contribution in [0.5, 0.6) is 0 Å². The first-order valence-corrected chi connectivity index (χ1v) is 9.73. The third-order valence-corrected chi connectivity index (χ3v) is 7.03. The van der Waals surface area contributed by atoms with Gasteiger partial charge in [-0.05, 0) is 30.4 Å². The van der Waals surface area contributed by atoms with Gasteiger partial charge in [-0.25, -0.2) is 12.7 Å². The number of nitrogens with zero attached hydrogens (tertiary/aromatic N) is 2. The fraction of sp³-hybridized carbons (Fsp3) is 0.429. The number of amides is 1. The standard InChI is InChI=1S/C14H16ClN3O3S2/c1-18(2)23(20,21)12-7-10(3-4-11(12)15)13(19)17-14(8-16)5-6-22-9-14/h3-4,7H,5-6,9H2,1-2H3,(H,17,19)/t14-/m0/s1. The summed E-state index contributed by atoms with van der Waals surface area (Å²) in [6.45, 7) is 0. The van der Waals surface area contributed by atoms with Crippen LogP contribution in [0.25, 0.3) is 0 Å². The van der Waals surface area contributed by atoms with Crippen molar-refractivity contribution in [1.29, 1.82) is 5.26 Å². The highest BCUT2D eigenvalue weighted by molar-refractivity contribution is 7.99. The molecule has 1 N–H and O–H groups in total. The van der Waals surface area contributed by atoms with Gasteiger partial charge in [-0.2, -0.15) is 17.0 Å². The molecule has 0 saturated carbocycles. The van der Waals surface area contributed by atoms with Crippen LogP contribution in [-0.2, 0) is 10.0 Å². The smallest absolute Gasteiger partial charge is 0.252 e. The number of hydrogen-bond donors (Lipinski definition) is 1. The molecule has 6 nitrogen and oxygen atoms in total. The normalized spacial score (nSPS) is 21.2. The van der Waals surface area contributed by atoms with Gasteiger partial charge in [0.15, 0.2) is 0 Å². The summed E-state index contributed by atoms with van der Waals surface area (Å²) >= 11 is 7.56. The third kappa shape index (κ3) is 3.63. The first-order valence-electron chi connectivity index (χ1n) is 6.75. The largest absolute Gasteiger partial charge is 0.333 e. The maximum atomic E-state index is 12.4. The highest BCUT2D eigenvalue weighted by Gasteiger charge is 2.36. The zero-order valence-corrected chi connectivity index (χ0v) is 15.1. The molecule has 0 spiro atoms. The molecule has 23 heavy (non-hydrogen) atoms. The highest BCUT2D eigenvalue weighted by Crippen LogP contribution is 2.29. The highest BCUT2D eigenvalue weighted by atomic mass is 35.5. The van der Waals surface area contributed by atoms with E-state index in [1.807, 2.05) is 0 Å². The minimum Gasteiger partial charge on any atom is -0.333 e. The Morgan fingerprint density at radius 1 is 1.48 bits per heavy atom. The second-order valence-corrected chi connectivity index (χ2v) is 9.02. The summed E-state index contributed by atoms with van der Waals surface area (Å²) in [5.41, 5.74) is -0.747. The van der Waals surface area contributed by atoms with Crippen molar-refractivity contribution in [3.8, 4) is 6.07 Å². The zero-order valence-electron chi connectivity index (χ0n) is 12.7. The molecule has 1 amide bonds. The molecule has 9 heteroatoms. The van der Waals surface area contributed by atoms with Crippen LogP contribution in [0.15, 0.2) is 23.1 Å². The van der Waals surface area contributed by atoms with Gasteiger partial charge in [0.25, 0.3) is 5.91 Å². The monoisotopic (exact) mass is 373 g/mol. The molecule has 0 radical (unpaired) electrons. The Bertz CT molecular complexity index is 766. The van der Waals surface area contributed by atoms with Crippen LogP contribution in [0.2, 0.25) is 5.02 Å². The maximum Gasteiger partial charge on any atom is 0.252 e. The van der Waals surface area contributed by atoms with E-state index in [1.165, 1.54) is 32.3 Å². The molecule has 1 heterocycles. The quantitative estimate of drug-likeness (QED) is 0.867. The molecule has 1 aliphatic heterocycles. The van der Waals surface area contributed by atoms with Crippen molar-refractivity contribution >= 4 is 39.3 Å². The van der Waals surface area contributed by atoms with Gasteiger partial charge in [0.2, 0.25) is 10.0 Å². The lowest BCUT2D eigenvalue weighted by molar-refractivity contribution is 0.0926. The topological polar surface area (TPSA) is 90.3 Å². The molecule has 2 rings (SSSR count). The van der Waals surface area contributed by atoms with Crippen molar-refractivity contribution in [2.45, 2.75) is 16.9 Å². The summed E-state index contributed by atoms with van der Waals surface area (Å²) in [7, 11) is -0.984. The third-order valence-electron chi connectivity index (χ3n) is 3.54. The lowest BCUT2D eigenvalue weighted by Gasteiger charge is -2.21. The Kier molecular flexibility index (Phi) is 5.26. The Hall–Kier alpha value is -1.27. The predicted molar refractivity (Wildman–Crippen MR) is 90.1 cm³/mol. The average Bonchev–Trinajstić information content (AvgIpc) is 2.96. The van der Waals surface area contributed by atoms with Crippen LogP contribution < -0.4 is 5.32 Å². The fourth-order valence-electron chi connectivity index (χ4n) is 2.11. The molecule has 0 unspecified atom stereocenters. The number of sulfonamides is 1. The summed E-state index contributed by atoms with van der Waals surface area (Å²) in [4.78, 5) is 12.3. The molecule has 0 bridgehead atoms. The first-order chi connectivity index (χ1) is 10.7. The van der Waals surface area contributed by atoms with Gasteiger partial charge < -0.3 is 5.32 Å². The molecule has 0 aliphatic carbocycles. The van der Waals surface area contributed by atoms with Crippen molar-refractivity contribution in [2.24, 2.45) is 0 Å². The van der Waals surface area contributed by atoms with Gasteiger partial charge in [-0.3, -0.25) is 4.79 Å². The fourth-order valence-corrected chi connectivity index (χ4v) is 4.77. The molecule has 124 valence electrons. The van der Waals surface area contributed by atoms with Crippen LogP contribution in [0.3, 0.4) is 0 Å². The lowest BCUT2D eigenvalue weighted by Crippen LogP contribution is -2.47. The van der Waals surface area contributed by atoms with E-state index >= 15 is 0 Å². The van der Waals surface area contributed by atoms with Gasteiger partial charge in [-0.15, -0.1) is 0 Å². The van der Waals surface area contributed by atoms with Gasteiger partial charge in [0.05, 0.1) is 11.1 Å². The van der Waals surface area contributed by atoms with Crippen molar-refractivity contribution in [3.63, 3.8) is 0 Å². The van der Waals surface area contributed by atoms with Crippen LogP contribution in [0, 0.1) is 11.3 Å². The number of benzene rings is 1. The SMILES string of the molecule is CN(C)S(=O)(=O)c1cc(C(=O)N[C@]2(C#N)CCSC2)ccc1Cl. The van der Waals surface area contributed by atoms with Crippen LogP contribution in [0.1, 0.15) is 16.8 Å². The molecule has 1 aliphatic rings. The Morgan fingerprint density at radius 3 is 2.70 bits per heavy atom. The molecule has 1 saturated heterocycles. The number of rotatable bonds is 4. The second kappa shape index (κ2) is 6.69.